The van der Waals surface area contributed by atoms with Crippen LogP contribution in [0.1, 0.15) is 36.1 Å². The van der Waals surface area contributed by atoms with Crippen LogP contribution >= 0.6 is 0 Å². The van der Waals surface area contributed by atoms with Crippen molar-refractivity contribution in [3.63, 3.8) is 0 Å². The predicted octanol–water partition coefficient (Wildman–Crippen LogP) is 3.53. The first-order valence-corrected chi connectivity index (χ1v) is 5.99. The van der Waals surface area contributed by atoms with E-state index in [4.69, 9.17) is 15.4 Å². The highest BCUT2D eigenvalue weighted by atomic mass is 16.5. The topological polar surface area (TPSA) is 95.3 Å². The number of hydrogen-bond acceptors (Lipinski definition) is 3. The molecule has 19 heavy (non-hydrogen) atoms. The molecule has 0 aliphatic rings. The molecule has 0 heterocycles. The maximum absolute atomic E-state index is 10.8. The Bertz CT molecular complexity index is 522. The number of aryl methyl sites for hydroxylation is 2. The summed E-state index contributed by atoms with van der Waals surface area (Å²) in [7, 11) is 0. The van der Waals surface area contributed by atoms with E-state index in [1.54, 1.807) is 0 Å². The van der Waals surface area contributed by atoms with Crippen LogP contribution in [0.4, 0.5) is 0 Å². The van der Waals surface area contributed by atoms with Gasteiger partial charge in [0.1, 0.15) is 5.75 Å². The van der Waals surface area contributed by atoms with Crippen molar-refractivity contribution in [1.82, 2.24) is 0 Å². The van der Waals surface area contributed by atoms with Crippen LogP contribution in [-0.4, -0.2) is 17.7 Å². The number of azide groups is 1. The minimum absolute atomic E-state index is 0.224. The summed E-state index contributed by atoms with van der Waals surface area (Å²) in [4.78, 5) is 13.5. The van der Waals surface area contributed by atoms with Crippen molar-refractivity contribution in [3.05, 3.63) is 39.3 Å². The number of carboxylic acids is 1. The first-order chi connectivity index (χ1) is 8.99. The third-order valence-corrected chi connectivity index (χ3v) is 2.78. The molecule has 0 aliphatic carbocycles. The third-order valence-electron chi connectivity index (χ3n) is 2.78. The van der Waals surface area contributed by atoms with Gasteiger partial charge < -0.3 is 9.84 Å². The standard InChI is InChI=1S/C13H17N3O3/c1-4-19-12-6-8(2)10(5-9(12)3)11(15-16-14)7-13(17)18/h5-6,11H,4,7H2,1-3H3,(H,17,18). The highest BCUT2D eigenvalue weighted by Crippen LogP contribution is 2.30. The Hall–Kier alpha value is -2.20. The van der Waals surface area contributed by atoms with Crippen LogP contribution in [0.3, 0.4) is 0 Å². The predicted molar refractivity (Wildman–Crippen MR) is 71.2 cm³/mol. The van der Waals surface area contributed by atoms with E-state index >= 15 is 0 Å². The Morgan fingerprint density at radius 3 is 2.68 bits per heavy atom. The number of nitrogens with zero attached hydrogens (tertiary/aromatic N) is 3. The Morgan fingerprint density at radius 2 is 2.16 bits per heavy atom. The van der Waals surface area contributed by atoms with Gasteiger partial charge in [-0.2, -0.15) is 0 Å². The van der Waals surface area contributed by atoms with Gasteiger partial charge in [0.25, 0.3) is 0 Å². The van der Waals surface area contributed by atoms with Crippen molar-refractivity contribution in [3.8, 4) is 5.75 Å². The van der Waals surface area contributed by atoms with Gasteiger partial charge in [0.05, 0.1) is 19.1 Å². The number of aliphatic carboxylic acids is 1. The monoisotopic (exact) mass is 263 g/mol. The lowest BCUT2D eigenvalue weighted by atomic mass is 9.96. The lowest BCUT2D eigenvalue weighted by Gasteiger charge is -2.16. The highest BCUT2D eigenvalue weighted by Gasteiger charge is 2.17. The smallest absolute Gasteiger partial charge is 0.304 e. The second kappa shape index (κ2) is 6.66. The van der Waals surface area contributed by atoms with Crippen LogP contribution in [0, 0.1) is 13.8 Å². The number of carboxylic acid groups (broad SMARTS) is 1. The minimum Gasteiger partial charge on any atom is -0.494 e. The van der Waals surface area contributed by atoms with Crippen molar-refractivity contribution in [1.29, 1.82) is 0 Å². The molecular weight excluding hydrogens is 246 g/mol. The Balaban J connectivity index is 3.20. The quantitative estimate of drug-likeness (QED) is 0.483. The molecule has 6 nitrogen and oxygen atoms in total. The van der Waals surface area contributed by atoms with E-state index in [9.17, 15) is 4.79 Å². The first kappa shape index (κ1) is 14.9. The van der Waals surface area contributed by atoms with E-state index in [0.29, 0.717) is 6.61 Å². The molecule has 0 amide bonds. The molecule has 0 spiro atoms. The molecule has 0 aromatic heterocycles. The van der Waals surface area contributed by atoms with Gasteiger partial charge in [-0.1, -0.05) is 11.2 Å². The summed E-state index contributed by atoms with van der Waals surface area (Å²) in [5.41, 5.74) is 11.0. The number of rotatable bonds is 6. The number of carbonyl (C=O) groups is 1. The fourth-order valence-corrected chi connectivity index (χ4v) is 1.92. The van der Waals surface area contributed by atoms with Gasteiger partial charge in [0, 0.05) is 4.91 Å². The van der Waals surface area contributed by atoms with Gasteiger partial charge in [0.15, 0.2) is 0 Å². The van der Waals surface area contributed by atoms with E-state index < -0.39 is 12.0 Å². The average molecular weight is 263 g/mol. The normalized spacial score (nSPS) is 11.5. The van der Waals surface area contributed by atoms with E-state index in [-0.39, 0.29) is 6.42 Å². The highest BCUT2D eigenvalue weighted by molar-refractivity contribution is 5.68. The molecule has 1 aromatic rings. The summed E-state index contributed by atoms with van der Waals surface area (Å²) in [6.07, 6.45) is -0.224. The van der Waals surface area contributed by atoms with Crippen LogP contribution in [0.15, 0.2) is 17.2 Å². The van der Waals surface area contributed by atoms with E-state index in [2.05, 4.69) is 10.0 Å². The first-order valence-electron chi connectivity index (χ1n) is 5.99. The molecule has 0 radical (unpaired) electrons. The van der Waals surface area contributed by atoms with Crippen LogP contribution in [0.5, 0.6) is 5.75 Å². The van der Waals surface area contributed by atoms with Crippen molar-refractivity contribution in [2.45, 2.75) is 33.2 Å². The van der Waals surface area contributed by atoms with Crippen LogP contribution in [-0.2, 0) is 4.79 Å². The molecule has 6 heteroatoms. The summed E-state index contributed by atoms with van der Waals surface area (Å²) in [5.74, 6) is -0.234. The number of hydrogen-bond donors (Lipinski definition) is 1. The van der Waals surface area contributed by atoms with Gasteiger partial charge in [-0.3, -0.25) is 4.79 Å². The van der Waals surface area contributed by atoms with Crippen molar-refractivity contribution in [2.24, 2.45) is 5.11 Å². The maximum Gasteiger partial charge on any atom is 0.304 e. The third kappa shape index (κ3) is 3.89. The van der Waals surface area contributed by atoms with Gasteiger partial charge in [-0.15, -0.1) is 0 Å². The zero-order chi connectivity index (χ0) is 14.4. The summed E-state index contributed by atoms with van der Waals surface area (Å²) >= 11 is 0. The molecule has 0 saturated carbocycles. The molecule has 1 atom stereocenters. The van der Waals surface area contributed by atoms with Gasteiger partial charge >= 0.3 is 5.97 Å². The number of benzene rings is 1. The van der Waals surface area contributed by atoms with Crippen molar-refractivity contribution >= 4 is 5.97 Å². The van der Waals surface area contributed by atoms with E-state index in [0.717, 1.165) is 22.4 Å². The molecule has 1 aromatic carbocycles. The maximum atomic E-state index is 10.8. The second-order valence-corrected chi connectivity index (χ2v) is 4.23. The fourth-order valence-electron chi connectivity index (χ4n) is 1.92. The van der Waals surface area contributed by atoms with E-state index in [1.807, 2.05) is 32.9 Å². The fraction of sp³-hybridized carbons (Fsp3) is 0.462. The van der Waals surface area contributed by atoms with Crippen LogP contribution in [0.2, 0.25) is 0 Å². The Morgan fingerprint density at radius 1 is 1.47 bits per heavy atom. The SMILES string of the molecule is CCOc1cc(C)c(C(CC(=O)O)N=[N+]=[N-])cc1C. The Labute approximate surface area is 111 Å². The van der Waals surface area contributed by atoms with Crippen molar-refractivity contribution < 1.29 is 14.6 Å². The lowest BCUT2D eigenvalue weighted by molar-refractivity contribution is -0.137. The summed E-state index contributed by atoms with van der Waals surface area (Å²) in [5, 5.41) is 12.4. The minimum atomic E-state index is -0.997. The number of ether oxygens (including phenoxy) is 1. The van der Waals surface area contributed by atoms with Gasteiger partial charge in [-0.05, 0) is 49.1 Å². The summed E-state index contributed by atoms with van der Waals surface area (Å²) in [6.45, 7) is 6.19. The summed E-state index contributed by atoms with van der Waals surface area (Å²) < 4.78 is 5.47. The molecule has 1 unspecified atom stereocenters. The van der Waals surface area contributed by atoms with Crippen molar-refractivity contribution in [2.75, 3.05) is 6.61 Å². The zero-order valence-electron chi connectivity index (χ0n) is 11.3. The molecule has 0 fully saturated rings. The second-order valence-electron chi connectivity index (χ2n) is 4.23. The largest absolute Gasteiger partial charge is 0.494 e. The molecule has 0 aliphatic heterocycles. The van der Waals surface area contributed by atoms with Gasteiger partial charge in [-0.25, -0.2) is 0 Å². The Kier molecular flexibility index (Phi) is 5.21. The molecule has 1 N–H and O–H groups in total. The average Bonchev–Trinajstić information content (AvgIpc) is 2.32. The molecule has 0 saturated heterocycles. The lowest BCUT2D eigenvalue weighted by Crippen LogP contribution is -2.06. The molecule has 102 valence electrons. The molecular formula is C13H17N3O3. The molecule has 1 rings (SSSR count). The summed E-state index contributed by atoms with van der Waals surface area (Å²) in [6, 6.07) is 2.97. The van der Waals surface area contributed by atoms with E-state index in [1.165, 1.54) is 0 Å². The van der Waals surface area contributed by atoms with Crippen LogP contribution < -0.4 is 4.74 Å². The van der Waals surface area contributed by atoms with Gasteiger partial charge in [0.2, 0.25) is 0 Å². The zero-order valence-corrected chi connectivity index (χ0v) is 11.3. The molecule has 0 bridgehead atoms. The van der Waals surface area contributed by atoms with Crippen LogP contribution in [0.25, 0.3) is 10.4 Å².